The summed E-state index contributed by atoms with van der Waals surface area (Å²) in [5, 5.41) is 274. The monoisotopic (exact) mass is 1540 g/mol. The van der Waals surface area contributed by atoms with Gasteiger partial charge in [0.2, 0.25) is 0 Å². The van der Waals surface area contributed by atoms with Crippen LogP contribution in [0.15, 0.2) is 48.5 Å². The third-order valence-corrected chi connectivity index (χ3v) is 19.7. The second kappa shape index (κ2) is 35.4. The van der Waals surface area contributed by atoms with Gasteiger partial charge in [0.05, 0.1) is 45.2 Å². The Morgan fingerprint density at radius 3 is 0.764 bits per heavy atom. The van der Waals surface area contributed by atoms with Gasteiger partial charge in [0.1, 0.15) is 213 Å². The Kier molecular flexibility index (Phi) is 27.6. The average Bonchev–Trinajstić information content (AvgIpc) is 0.774. The van der Waals surface area contributed by atoms with Crippen LogP contribution in [0.5, 0.6) is 5.75 Å². The first-order chi connectivity index (χ1) is 50.6. The molecule has 30 aliphatic heterocycles. The largest absolute Gasteiger partial charge is 0.490 e. The summed E-state index contributed by atoms with van der Waals surface area (Å²) in [5.74, 6) is -3.22. The zero-order valence-electron chi connectivity index (χ0n) is 55.4. The van der Waals surface area contributed by atoms with E-state index in [2.05, 4.69) is 5.32 Å². The minimum atomic E-state index is -2.35. The molecule has 30 fully saturated rings. The van der Waals surface area contributed by atoms with E-state index in [9.17, 15) is 132 Å². The minimum absolute atomic E-state index is 0.0693. The van der Waals surface area contributed by atoms with Gasteiger partial charge < -0.3 is 208 Å². The van der Waals surface area contributed by atoms with E-state index in [-0.39, 0.29) is 17.0 Å². The zero-order valence-corrected chi connectivity index (χ0v) is 55.4. The van der Waals surface area contributed by atoms with Crippen molar-refractivity contribution >= 4 is 17.6 Å². The van der Waals surface area contributed by atoms with Gasteiger partial charge in [0.15, 0.2) is 50.3 Å². The Hall–Kier alpha value is -4.54. The van der Waals surface area contributed by atoms with Crippen LogP contribution >= 0.6 is 0 Å². The van der Waals surface area contributed by atoms with Gasteiger partial charge in [-0.1, -0.05) is 24.3 Å². The summed E-state index contributed by atoms with van der Waals surface area (Å²) < 4.78 is 99.8. The van der Waals surface area contributed by atoms with Gasteiger partial charge in [0, 0.05) is 12.2 Å². The number of aromatic carboxylic acids is 2. The molecule has 0 saturated carbocycles. The van der Waals surface area contributed by atoms with Gasteiger partial charge in [0.25, 0.3) is 0 Å². The molecule has 2 aromatic rings. The number of ether oxygens (including phenoxy) is 17. The van der Waals surface area contributed by atoms with E-state index in [4.69, 9.17) is 80.5 Å². The fraction of sp³-hybridized carbons (Fsp3) is 0.774. The molecule has 0 radical (unpaired) electrons. The van der Waals surface area contributed by atoms with E-state index >= 15 is 0 Å². The molecule has 0 unspecified atom stereocenters. The first-order valence-electron chi connectivity index (χ1n) is 33.6. The Bertz CT molecular complexity index is 3080. The normalized spacial score (nSPS) is 47.8. The second-order valence-corrected chi connectivity index (χ2v) is 26.4. The fourth-order valence-corrected chi connectivity index (χ4v) is 13.9. The number of aliphatic hydroxyl groups excluding tert-OH is 22. The van der Waals surface area contributed by atoms with Gasteiger partial charge in [-0.2, -0.15) is 0 Å². The molecule has 44 heteroatoms. The topological polar surface area (TPSA) is 689 Å². The van der Waals surface area contributed by atoms with Crippen molar-refractivity contribution in [3.8, 4) is 5.75 Å². The molecule has 0 aliphatic carbocycles. The Balaban J connectivity index is 0.897. The highest BCUT2D eigenvalue weighted by Gasteiger charge is 2.61. The highest BCUT2D eigenvalue weighted by atomic mass is 16.8. The Morgan fingerprint density at radius 2 is 0.500 bits per heavy atom. The molecule has 30 aliphatic rings. The molecule has 16 bridgehead atoms. The van der Waals surface area contributed by atoms with Crippen molar-refractivity contribution in [2.75, 3.05) is 58.1 Å². The van der Waals surface area contributed by atoms with Crippen molar-refractivity contribution in [3.63, 3.8) is 0 Å². The molecule has 30 heterocycles. The predicted molar refractivity (Wildman–Crippen MR) is 328 cm³/mol. The fourth-order valence-electron chi connectivity index (χ4n) is 13.9. The molecule has 25 N–H and O–H groups in total. The highest BCUT2D eigenvalue weighted by molar-refractivity contribution is 5.94. The lowest BCUT2D eigenvalue weighted by atomic mass is 9.94. The number of para-hydroxylation sites is 2. The van der Waals surface area contributed by atoms with Gasteiger partial charge in [-0.05, 0) is 24.3 Å². The van der Waals surface area contributed by atoms with Crippen LogP contribution in [-0.4, -0.2) is 433 Å². The van der Waals surface area contributed by atoms with Gasteiger partial charge in [-0.15, -0.1) is 0 Å². The molecule has 0 amide bonds. The molecular formula is C62H89NO43. The quantitative estimate of drug-likeness (QED) is 0.0835. The number of aliphatic hydroxyl groups is 22. The molecular weight excluding hydrogens is 1450 g/mol. The van der Waals surface area contributed by atoms with Crippen LogP contribution in [0.25, 0.3) is 0 Å². The van der Waals surface area contributed by atoms with E-state index in [0.717, 1.165) is 6.07 Å². The lowest BCUT2D eigenvalue weighted by Gasteiger charge is -2.50. The molecule has 600 valence electrons. The van der Waals surface area contributed by atoms with Crippen molar-refractivity contribution in [2.45, 2.75) is 246 Å². The average molecular weight is 1540 g/mol. The number of benzene rings is 2. The maximum Gasteiger partial charge on any atom is 0.339 e. The van der Waals surface area contributed by atoms with Crippen molar-refractivity contribution in [1.29, 1.82) is 0 Å². The number of hydrogen-bond donors (Lipinski definition) is 25. The number of rotatable bonds is 14. The van der Waals surface area contributed by atoms with Crippen LogP contribution in [0, 0.1) is 0 Å². The number of nitrogens with one attached hydrogen (secondary N) is 1. The van der Waals surface area contributed by atoms with Gasteiger partial charge in [-0.3, -0.25) is 0 Å². The van der Waals surface area contributed by atoms with E-state index in [0.29, 0.717) is 0 Å². The summed E-state index contributed by atoms with van der Waals surface area (Å²) in [6.45, 7) is -8.28. The van der Waals surface area contributed by atoms with Gasteiger partial charge >= 0.3 is 11.9 Å². The molecule has 32 rings (SSSR count). The van der Waals surface area contributed by atoms with Crippen LogP contribution in [0.1, 0.15) is 20.7 Å². The zero-order chi connectivity index (χ0) is 76.6. The first-order valence-corrected chi connectivity index (χ1v) is 33.6. The summed E-state index contributed by atoms with van der Waals surface area (Å²) in [7, 11) is 0. The standard InChI is InChI=1S/C62H89NO43/c64-10-22-46-31(72)39(80)57(93-22)104-50-26(14-68)97-61(43(84)35(50)76)106-52-28(16-90-20-8-4-2-6-18(20)54(88)89)98-62(44(85)36(52)77)105-51-27(15-69)96-60(42(83)34(51)75)103-49-25(13-67)95-59(41(82)33(49)74)102-48-24(12-66)94-58(40(81)32(48)73)101-47-23(11-65)92-56(38(79)30(47)71)99-45-21(91-55(100-46)37(78)29(45)70)9-63-19-7-3-1-5-17(19)53(86)87/h1-8,21-52,55-85H,9-16H2,(H,86,87)(H,88,89)/t21-,22+,23-,24-,25-,26+,27+,28+,29+,30+,31-,32+,33+,34-,35-,36+,37+,38+,39-,40+,41+,42-,43-,44+,45+,46+,47+,48+,49+,50+,51+,52+,55+,56+,57+,58+,59+,60+,61+,62+/m0/s1. The molecule has 0 spiro atoms. The van der Waals surface area contributed by atoms with E-state index in [1.54, 1.807) is 0 Å². The number of carbonyl (C=O) groups is 2. The summed E-state index contributed by atoms with van der Waals surface area (Å²) in [6.07, 6.45) is -84.9. The molecule has 106 heavy (non-hydrogen) atoms. The molecule has 30 saturated heterocycles. The first kappa shape index (κ1) is 82.4. The lowest BCUT2D eigenvalue weighted by Crippen LogP contribution is -2.69. The third-order valence-electron chi connectivity index (χ3n) is 19.7. The maximum absolute atomic E-state index is 12.3. The smallest absolute Gasteiger partial charge is 0.339 e. The highest BCUT2D eigenvalue weighted by Crippen LogP contribution is 2.41. The van der Waals surface area contributed by atoms with Crippen molar-refractivity contribution in [3.05, 3.63) is 59.7 Å². The van der Waals surface area contributed by atoms with Gasteiger partial charge in [-0.25, -0.2) is 9.59 Å². The third kappa shape index (κ3) is 16.8. The van der Waals surface area contributed by atoms with Crippen LogP contribution in [0.3, 0.4) is 0 Å². The van der Waals surface area contributed by atoms with E-state index in [1.165, 1.54) is 42.5 Å². The summed E-state index contributed by atoms with van der Waals surface area (Å²) in [6, 6.07) is 10.5. The molecule has 2 aromatic carbocycles. The number of anilines is 1. The molecule has 40 atom stereocenters. The van der Waals surface area contributed by atoms with Crippen molar-refractivity contribution < 1.29 is 213 Å². The second-order valence-electron chi connectivity index (χ2n) is 26.4. The summed E-state index contributed by atoms with van der Waals surface area (Å²) in [5.41, 5.74) is -0.777. The molecule has 44 nitrogen and oxygen atoms in total. The number of carboxylic acid groups (broad SMARTS) is 2. The van der Waals surface area contributed by atoms with E-state index < -0.39 is 316 Å². The summed E-state index contributed by atoms with van der Waals surface area (Å²) in [4.78, 5) is 24.5. The summed E-state index contributed by atoms with van der Waals surface area (Å²) >= 11 is 0. The van der Waals surface area contributed by atoms with Crippen molar-refractivity contribution in [2.24, 2.45) is 0 Å². The predicted octanol–water partition coefficient (Wildman–Crippen LogP) is -13.8. The Labute approximate surface area is 598 Å². The molecule has 0 aromatic heterocycles. The Morgan fingerprint density at radius 1 is 0.283 bits per heavy atom. The lowest BCUT2D eigenvalue weighted by molar-refractivity contribution is -0.403. The maximum atomic E-state index is 12.3. The van der Waals surface area contributed by atoms with Crippen molar-refractivity contribution in [1.82, 2.24) is 0 Å². The number of carboxylic acids is 2. The van der Waals surface area contributed by atoms with Crippen LogP contribution in [0.2, 0.25) is 0 Å². The minimum Gasteiger partial charge on any atom is -0.490 e. The SMILES string of the molecule is O=C(O)c1ccccc1NC[C@@H]1O[C@@H]2O[C@H]3[C@@H](O)[C@H](O)[C@@H](O[C@H]4[C@@H](O)[C@H](O)[C@@H](O[C@H]5[C@H](O)[C@@H](O)[C@@H](O[C@H]6[C@@H](O)[C@H](O)[C@@H](O[C@H]7[C@H](O)[C@@H](O)[C@@H](O[C@H]8[C@H](O)[C@@H](O)[C@@H](O[C@H]9[C@H](O)[C@@H](O)[C@@H](O[C@H]1[C@H](O)[C@H]2O)O[C@H]9CO)O[C@H]8CO)O[C@H]7CO)O[C@@H]6CO)O[C@@H]5COc1ccccc1C(=O)O)O[C@@H]4CO)O[C@@H]3CO. The van der Waals surface area contributed by atoms with E-state index in [1.807, 2.05) is 0 Å². The van der Waals surface area contributed by atoms with Crippen LogP contribution in [0.4, 0.5) is 5.69 Å². The van der Waals surface area contributed by atoms with Crippen LogP contribution < -0.4 is 10.1 Å². The number of hydrogen-bond acceptors (Lipinski definition) is 42. The van der Waals surface area contributed by atoms with Crippen LogP contribution in [-0.2, 0) is 75.8 Å².